The van der Waals surface area contributed by atoms with Crippen molar-refractivity contribution in [3.05, 3.63) is 64.7 Å². The molecule has 0 aliphatic carbocycles. The van der Waals surface area contributed by atoms with Gasteiger partial charge in [-0.15, -0.1) is 0 Å². The van der Waals surface area contributed by atoms with Crippen LogP contribution in [-0.4, -0.2) is 67.6 Å². The molecule has 0 saturated carbocycles. The molecule has 5 nitrogen and oxygen atoms in total. The first-order valence-electron chi connectivity index (χ1n) is 13.1. The van der Waals surface area contributed by atoms with Gasteiger partial charge < -0.3 is 14.7 Å². The van der Waals surface area contributed by atoms with Gasteiger partial charge in [0.25, 0.3) is 5.91 Å². The van der Waals surface area contributed by atoms with Crippen LogP contribution in [0.2, 0.25) is 5.02 Å². The van der Waals surface area contributed by atoms with Gasteiger partial charge in [-0.25, -0.2) is 0 Å². The van der Waals surface area contributed by atoms with E-state index < -0.39 is 18.0 Å². The molecule has 0 N–H and O–H groups in total. The molecule has 1 heterocycles. The number of hydrogen-bond donors (Lipinski definition) is 0. The molecule has 0 bridgehead atoms. The zero-order valence-corrected chi connectivity index (χ0v) is 23.2. The molecule has 1 atom stereocenters. The molecule has 2 aromatic carbocycles. The molecule has 208 valence electrons. The minimum Gasteiger partial charge on any atom is -0.371 e. The second-order valence-corrected chi connectivity index (χ2v) is 10.8. The minimum absolute atomic E-state index is 0.0336. The standard InChI is InChI=1S/C29H37ClF3N3O2/c1-20(2)35(4)27(37)24-13-12-23(19-25(24)30)36-17-14-21(15-18-36)9-8-16-34(3)28(38)26(29(31,32)33)22-10-6-5-7-11-22/h5-7,10-13,19-21,26H,8-9,14-18H2,1-4H3. The molecule has 2 aromatic rings. The quantitative estimate of drug-likeness (QED) is 0.352. The van der Waals surface area contributed by atoms with Crippen molar-refractivity contribution >= 4 is 29.1 Å². The van der Waals surface area contributed by atoms with Gasteiger partial charge in [0.2, 0.25) is 5.91 Å². The number of hydrogen-bond acceptors (Lipinski definition) is 3. The van der Waals surface area contributed by atoms with Gasteiger partial charge in [-0.05, 0) is 69.2 Å². The largest absolute Gasteiger partial charge is 0.404 e. The molecule has 1 saturated heterocycles. The van der Waals surface area contributed by atoms with E-state index >= 15 is 0 Å². The van der Waals surface area contributed by atoms with E-state index in [0.717, 1.165) is 38.0 Å². The predicted octanol–water partition coefficient (Wildman–Crippen LogP) is 6.62. The second-order valence-electron chi connectivity index (χ2n) is 10.4. The Labute approximate surface area is 228 Å². The van der Waals surface area contributed by atoms with Gasteiger partial charge in [0.05, 0.1) is 10.6 Å². The summed E-state index contributed by atoms with van der Waals surface area (Å²) >= 11 is 6.46. The first kappa shape index (κ1) is 29.8. The molecule has 38 heavy (non-hydrogen) atoms. The van der Waals surface area contributed by atoms with Gasteiger partial charge in [0.1, 0.15) is 0 Å². The fourth-order valence-electron chi connectivity index (χ4n) is 4.84. The molecule has 1 aliphatic heterocycles. The van der Waals surface area contributed by atoms with Crippen LogP contribution in [0.25, 0.3) is 0 Å². The van der Waals surface area contributed by atoms with Crippen molar-refractivity contribution in [2.24, 2.45) is 5.92 Å². The number of carbonyl (C=O) groups excluding carboxylic acids is 2. The molecule has 0 aromatic heterocycles. The van der Waals surface area contributed by atoms with Crippen LogP contribution in [0.15, 0.2) is 48.5 Å². The highest BCUT2D eigenvalue weighted by atomic mass is 35.5. The van der Waals surface area contributed by atoms with Crippen molar-refractivity contribution in [2.45, 2.75) is 57.7 Å². The molecule has 1 aliphatic rings. The summed E-state index contributed by atoms with van der Waals surface area (Å²) in [4.78, 5) is 30.4. The second kappa shape index (κ2) is 12.9. The first-order valence-corrected chi connectivity index (χ1v) is 13.5. The number of halogens is 4. The van der Waals surface area contributed by atoms with Crippen molar-refractivity contribution < 1.29 is 22.8 Å². The van der Waals surface area contributed by atoms with Crippen LogP contribution in [0.4, 0.5) is 18.9 Å². The van der Waals surface area contributed by atoms with Crippen LogP contribution in [0.3, 0.4) is 0 Å². The van der Waals surface area contributed by atoms with Crippen molar-refractivity contribution in [2.75, 3.05) is 38.6 Å². The lowest BCUT2D eigenvalue weighted by Crippen LogP contribution is -2.39. The monoisotopic (exact) mass is 551 g/mol. The average Bonchev–Trinajstić information content (AvgIpc) is 2.88. The molecule has 1 fully saturated rings. The third-order valence-electron chi connectivity index (χ3n) is 7.45. The Kier molecular flexibility index (Phi) is 10.1. The summed E-state index contributed by atoms with van der Waals surface area (Å²) in [6.45, 7) is 5.85. The Morgan fingerprint density at radius 2 is 1.68 bits per heavy atom. The van der Waals surface area contributed by atoms with Crippen LogP contribution >= 0.6 is 11.6 Å². The normalized spacial score (nSPS) is 15.4. The summed E-state index contributed by atoms with van der Waals surface area (Å²) < 4.78 is 41.0. The van der Waals surface area contributed by atoms with Crippen molar-refractivity contribution in [3.8, 4) is 0 Å². The van der Waals surface area contributed by atoms with Crippen LogP contribution in [-0.2, 0) is 4.79 Å². The number of likely N-dealkylation sites (N-methyl/N-ethyl adjacent to an activating group) is 1. The van der Waals surface area contributed by atoms with Gasteiger partial charge in [0, 0.05) is 45.5 Å². The van der Waals surface area contributed by atoms with E-state index in [9.17, 15) is 22.8 Å². The van der Waals surface area contributed by atoms with Crippen LogP contribution in [0.1, 0.15) is 61.4 Å². The molecule has 2 amide bonds. The Bertz CT molecular complexity index is 1090. The summed E-state index contributed by atoms with van der Waals surface area (Å²) in [5, 5.41) is 0.433. The van der Waals surface area contributed by atoms with E-state index in [1.54, 1.807) is 24.1 Å². The topological polar surface area (TPSA) is 43.9 Å². The number of alkyl halides is 3. The maximum absolute atomic E-state index is 13.7. The minimum atomic E-state index is -4.64. The number of nitrogens with zero attached hydrogens (tertiary/aromatic N) is 3. The zero-order valence-electron chi connectivity index (χ0n) is 22.5. The third kappa shape index (κ3) is 7.43. The number of rotatable bonds is 9. The number of carbonyl (C=O) groups is 2. The maximum atomic E-state index is 13.7. The zero-order chi connectivity index (χ0) is 28.0. The lowest BCUT2D eigenvalue weighted by molar-refractivity contribution is -0.171. The van der Waals surface area contributed by atoms with Crippen LogP contribution in [0.5, 0.6) is 0 Å². The molecule has 0 spiro atoms. The Morgan fingerprint density at radius 3 is 2.24 bits per heavy atom. The Balaban J connectivity index is 1.49. The van der Waals surface area contributed by atoms with E-state index in [1.807, 2.05) is 26.0 Å². The van der Waals surface area contributed by atoms with E-state index in [-0.39, 0.29) is 24.1 Å². The number of piperidine rings is 1. The summed E-state index contributed by atoms with van der Waals surface area (Å²) in [7, 11) is 3.21. The fraction of sp³-hybridized carbons (Fsp3) is 0.517. The summed E-state index contributed by atoms with van der Waals surface area (Å²) in [5.41, 5.74) is 1.43. The molecule has 9 heteroatoms. The lowest BCUT2D eigenvalue weighted by Gasteiger charge is -2.34. The van der Waals surface area contributed by atoms with Gasteiger partial charge in [-0.3, -0.25) is 9.59 Å². The highest BCUT2D eigenvalue weighted by Crippen LogP contribution is 2.36. The number of anilines is 1. The van der Waals surface area contributed by atoms with Gasteiger partial charge in [0.15, 0.2) is 5.92 Å². The van der Waals surface area contributed by atoms with Crippen LogP contribution in [0, 0.1) is 5.92 Å². The smallest absolute Gasteiger partial charge is 0.371 e. The lowest BCUT2D eigenvalue weighted by atomic mass is 9.91. The van der Waals surface area contributed by atoms with Gasteiger partial charge in [-0.2, -0.15) is 13.2 Å². The first-order chi connectivity index (χ1) is 17.9. The number of benzene rings is 2. The Morgan fingerprint density at radius 1 is 1.05 bits per heavy atom. The van der Waals surface area contributed by atoms with Gasteiger partial charge in [-0.1, -0.05) is 41.9 Å². The summed E-state index contributed by atoms with van der Waals surface area (Å²) in [6.07, 6.45) is -1.25. The van der Waals surface area contributed by atoms with Crippen LogP contribution < -0.4 is 4.90 Å². The molecular formula is C29H37ClF3N3O2. The van der Waals surface area contributed by atoms with Crippen molar-refractivity contribution in [1.29, 1.82) is 0 Å². The van der Waals surface area contributed by atoms with E-state index in [1.165, 1.54) is 36.2 Å². The van der Waals surface area contributed by atoms with Gasteiger partial charge >= 0.3 is 6.18 Å². The summed E-state index contributed by atoms with van der Waals surface area (Å²) in [5.74, 6) is -2.73. The average molecular weight is 552 g/mol. The summed E-state index contributed by atoms with van der Waals surface area (Å²) in [6, 6.07) is 13.0. The van der Waals surface area contributed by atoms with E-state index in [0.29, 0.717) is 22.9 Å². The van der Waals surface area contributed by atoms with Crippen molar-refractivity contribution in [1.82, 2.24) is 9.80 Å². The van der Waals surface area contributed by atoms with Crippen molar-refractivity contribution in [3.63, 3.8) is 0 Å². The molecule has 1 unspecified atom stereocenters. The number of amides is 2. The molecular weight excluding hydrogens is 515 g/mol. The SMILES string of the molecule is CC(C)N(C)C(=O)c1ccc(N2CCC(CCCN(C)C(=O)C(c3ccccc3)C(F)(F)F)CC2)cc1Cl. The fourth-order valence-corrected chi connectivity index (χ4v) is 5.10. The van der Waals surface area contributed by atoms with E-state index in [2.05, 4.69) is 4.90 Å². The maximum Gasteiger partial charge on any atom is 0.404 e. The van der Waals surface area contributed by atoms with E-state index in [4.69, 9.17) is 11.6 Å². The Hall–Kier alpha value is -2.74. The molecule has 3 rings (SSSR count). The molecule has 0 radical (unpaired) electrons. The predicted molar refractivity (Wildman–Crippen MR) is 146 cm³/mol. The highest BCUT2D eigenvalue weighted by Gasteiger charge is 2.46. The third-order valence-corrected chi connectivity index (χ3v) is 7.76. The highest BCUT2D eigenvalue weighted by molar-refractivity contribution is 6.34.